The molecule has 0 radical (unpaired) electrons. The van der Waals surface area contributed by atoms with Crippen LogP contribution < -0.4 is 5.32 Å². The second-order valence-electron chi connectivity index (χ2n) is 3.48. The molecule has 2 rings (SSSR count). The Bertz CT molecular complexity index is 266. The first-order valence-corrected chi connectivity index (χ1v) is 4.76. The van der Waals surface area contributed by atoms with Gasteiger partial charge >= 0.3 is 0 Å². The largest absolute Gasteiger partial charge is 0.396 e. The first-order chi connectivity index (χ1) is 6.40. The van der Waals surface area contributed by atoms with E-state index in [1.165, 1.54) is 6.42 Å². The van der Waals surface area contributed by atoms with Gasteiger partial charge < -0.3 is 10.4 Å². The summed E-state index contributed by atoms with van der Waals surface area (Å²) in [5.74, 6) is 0.559. The second-order valence-corrected chi connectivity index (χ2v) is 3.48. The van der Waals surface area contributed by atoms with Gasteiger partial charge in [-0.1, -0.05) is 0 Å². The summed E-state index contributed by atoms with van der Waals surface area (Å²) in [4.78, 5) is 0. The third-order valence-corrected chi connectivity index (χ3v) is 2.51. The van der Waals surface area contributed by atoms with Gasteiger partial charge in [-0.2, -0.15) is 5.10 Å². The molecule has 0 aromatic carbocycles. The number of rotatable bonds is 3. The molecule has 0 spiro atoms. The predicted octanol–water partition coefficient (Wildman–Crippen LogP) is 0.0214. The third kappa shape index (κ3) is 1.89. The molecule has 2 heterocycles. The minimum Gasteiger partial charge on any atom is -0.396 e. The minimum absolute atomic E-state index is 0.185. The molecule has 3 N–H and O–H groups in total. The van der Waals surface area contributed by atoms with Crippen molar-refractivity contribution in [1.29, 1.82) is 0 Å². The van der Waals surface area contributed by atoms with Crippen LogP contribution in [0.5, 0.6) is 0 Å². The molecule has 4 heteroatoms. The van der Waals surface area contributed by atoms with Crippen LogP contribution in [-0.4, -0.2) is 35.0 Å². The Labute approximate surface area is 77.4 Å². The van der Waals surface area contributed by atoms with E-state index in [1.807, 2.05) is 0 Å². The van der Waals surface area contributed by atoms with E-state index in [1.54, 1.807) is 0 Å². The van der Waals surface area contributed by atoms with Crippen LogP contribution >= 0.6 is 0 Å². The molecule has 0 amide bonds. The Hall–Kier alpha value is -0.870. The van der Waals surface area contributed by atoms with E-state index in [2.05, 4.69) is 21.6 Å². The zero-order chi connectivity index (χ0) is 9.10. The molecular weight excluding hydrogens is 166 g/mol. The second kappa shape index (κ2) is 3.89. The number of aliphatic hydroxyl groups is 1. The minimum atomic E-state index is 0.185. The van der Waals surface area contributed by atoms with E-state index in [0.717, 1.165) is 24.5 Å². The van der Waals surface area contributed by atoms with E-state index in [9.17, 15) is 0 Å². The molecule has 1 aliphatic heterocycles. The number of aliphatic hydroxyl groups excluding tert-OH is 1. The van der Waals surface area contributed by atoms with Gasteiger partial charge in [-0.05, 0) is 19.0 Å². The Kier molecular flexibility index (Phi) is 2.61. The summed E-state index contributed by atoms with van der Waals surface area (Å²) in [6.45, 7) is 2.31. The molecule has 0 saturated carbocycles. The van der Waals surface area contributed by atoms with Crippen molar-refractivity contribution in [2.75, 3.05) is 19.7 Å². The van der Waals surface area contributed by atoms with Gasteiger partial charge in [0.25, 0.3) is 0 Å². The van der Waals surface area contributed by atoms with Gasteiger partial charge in [0, 0.05) is 31.2 Å². The van der Waals surface area contributed by atoms with Crippen molar-refractivity contribution in [3.8, 4) is 0 Å². The van der Waals surface area contributed by atoms with Gasteiger partial charge in [-0.15, -0.1) is 0 Å². The highest BCUT2D eigenvalue weighted by Crippen LogP contribution is 2.20. The van der Waals surface area contributed by atoms with Crippen molar-refractivity contribution in [2.24, 2.45) is 0 Å². The van der Waals surface area contributed by atoms with E-state index in [-0.39, 0.29) is 6.61 Å². The van der Waals surface area contributed by atoms with Crippen LogP contribution in [0.25, 0.3) is 0 Å². The summed E-state index contributed by atoms with van der Waals surface area (Å²) >= 11 is 0. The van der Waals surface area contributed by atoms with Crippen LogP contribution in [0.4, 0.5) is 0 Å². The Morgan fingerprint density at radius 3 is 3.23 bits per heavy atom. The Morgan fingerprint density at radius 1 is 1.62 bits per heavy atom. The average Bonchev–Trinajstić information content (AvgIpc) is 2.70. The lowest BCUT2D eigenvalue weighted by molar-refractivity contribution is 0.298. The fourth-order valence-electron chi connectivity index (χ4n) is 1.74. The molecule has 1 atom stereocenters. The maximum absolute atomic E-state index is 8.73. The number of hydrogen-bond donors (Lipinski definition) is 3. The molecule has 1 saturated heterocycles. The molecule has 1 aromatic rings. The molecule has 4 nitrogen and oxygen atoms in total. The lowest BCUT2D eigenvalue weighted by atomic mass is 10.0. The van der Waals surface area contributed by atoms with Gasteiger partial charge in [0.05, 0.1) is 5.69 Å². The number of nitrogens with zero attached hydrogens (tertiary/aromatic N) is 1. The first-order valence-electron chi connectivity index (χ1n) is 4.76. The van der Waals surface area contributed by atoms with Gasteiger partial charge in [-0.25, -0.2) is 0 Å². The summed E-state index contributed by atoms with van der Waals surface area (Å²) in [6.07, 6.45) is 1.84. The van der Waals surface area contributed by atoms with Crippen LogP contribution in [-0.2, 0) is 6.42 Å². The van der Waals surface area contributed by atoms with Crippen molar-refractivity contribution in [2.45, 2.75) is 18.8 Å². The molecule has 72 valence electrons. The molecule has 1 fully saturated rings. The summed E-state index contributed by atoms with van der Waals surface area (Å²) in [7, 11) is 0. The quantitative estimate of drug-likeness (QED) is 0.616. The SMILES string of the molecule is OCCc1cc(C2CCNC2)n[nH]1. The van der Waals surface area contributed by atoms with Crippen LogP contribution in [0.3, 0.4) is 0 Å². The lowest BCUT2D eigenvalue weighted by Gasteiger charge is -2.01. The fraction of sp³-hybridized carbons (Fsp3) is 0.667. The fourth-order valence-corrected chi connectivity index (χ4v) is 1.74. The van der Waals surface area contributed by atoms with Crippen molar-refractivity contribution in [3.63, 3.8) is 0 Å². The summed E-state index contributed by atoms with van der Waals surface area (Å²) < 4.78 is 0. The maximum Gasteiger partial charge on any atom is 0.0669 e. The Balaban J connectivity index is 2.03. The van der Waals surface area contributed by atoms with E-state index in [0.29, 0.717) is 12.3 Å². The van der Waals surface area contributed by atoms with Gasteiger partial charge in [0.1, 0.15) is 0 Å². The van der Waals surface area contributed by atoms with E-state index in [4.69, 9.17) is 5.11 Å². The predicted molar refractivity (Wildman–Crippen MR) is 49.6 cm³/mol. The summed E-state index contributed by atoms with van der Waals surface area (Å²) in [5.41, 5.74) is 2.16. The monoisotopic (exact) mass is 181 g/mol. The highest BCUT2D eigenvalue weighted by Gasteiger charge is 2.18. The first kappa shape index (κ1) is 8.72. The standard InChI is InChI=1S/C9H15N3O/c13-4-2-8-5-9(12-11-8)7-1-3-10-6-7/h5,7,10,13H,1-4,6H2,(H,11,12). The maximum atomic E-state index is 8.73. The topological polar surface area (TPSA) is 60.9 Å². The molecule has 13 heavy (non-hydrogen) atoms. The number of aromatic amines is 1. The Morgan fingerprint density at radius 2 is 2.54 bits per heavy atom. The molecule has 0 aliphatic carbocycles. The number of hydrogen-bond acceptors (Lipinski definition) is 3. The number of aromatic nitrogens is 2. The average molecular weight is 181 g/mol. The summed E-state index contributed by atoms with van der Waals surface area (Å²) in [6, 6.07) is 2.06. The molecule has 1 aromatic heterocycles. The molecule has 0 bridgehead atoms. The van der Waals surface area contributed by atoms with E-state index < -0.39 is 0 Å². The van der Waals surface area contributed by atoms with Crippen LogP contribution in [0.15, 0.2) is 6.07 Å². The van der Waals surface area contributed by atoms with Crippen molar-refractivity contribution >= 4 is 0 Å². The molecule has 1 aliphatic rings. The third-order valence-electron chi connectivity index (χ3n) is 2.51. The zero-order valence-electron chi connectivity index (χ0n) is 7.58. The summed E-state index contributed by atoms with van der Waals surface area (Å²) in [5, 5.41) is 19.2. The zero-order valence-corrected chi connectivity index (χ0v) is 7.58. The lowest BCUT2D eigenvalue weighted by Crippen LogP contribution is -2.08. The molecule has 1 unspecified atom stereocenters. The van der Waals surface area contributed by atoms with Crippen LogP contribution in [0.1, 0.15) is 23.7 Å². The highest BCUT2D eigenvalue weighted by atomic mass is 16.3. The van der Waals surface area contributed by atoms with Crippen molar-refractivity contribution in [1.82, 2.24) is 15.5 Å². The van der Waals surface area contributed by atoms with Gasteiger partial charge in [0.15, 0.2) is 0 Å². The van der Waals surface area contributed by atoms with Gasteiger partial charge in [-0.3, -0.25) is 5.10 Å². The van der Waals surface area contributed by atoms with Crippen molar-refractivity contribution in [3.05, 3.63) is 17.5 Å². The van der Waals surface area contributed by atoms with E-state index >= 15 is 0 Å². The molecular formula is C9H15N3O. The number of H-pyrrole nitrogens is 1. The van der Waals surface area contributed by atoms with Crippen LogP contribution in [0, 0.1) is 0 Å². The highest BCUT2D eigenvalue weighted by molar-refractivity contribution is 5.15. The number of nitrogens with one attached hydrogen (secondary N) is 2. The van der Waals surface area contributed by atoms with Crippen molar-refractivity contribution < 1.29 is 5.11 Å². The van der Waals surface area contributed by atoms with Crippen LogP contribution in [0.2, 0.25) is 0 Å². The normalized spacial score (nSPS) is 22.4. The smallest absolute Gasteiger partial charge is 0.0669 e. The van der Waals surface area contributed by atoms with Gasteiger partial charge in [0.2, 0.25) is 0 Å².